The number of amides is 1. The molecule has 0 fully saturated rings. The Kier molecular flexibility index (Phi) is 4.86. The van der Waals surface area contributed by atoms with Gasteiger partial charge in [0.15, 0.2) is 15.0 Å². The van der Waals surface area contributed by atoms with Crippen LogP contribution in [0.2, 0.25) is 5.15 Å². The van der Waals surface area contributed by atoms with Crippen LogP contribution in [-0.4, -0.2) is 30.3 Å². The molecule has 0 saturated heterocycles. The van der Waals surface area contributed by atoms with E-state index in [-0.39, 0.29) is 16.6 Å². The number of anilines is 1. The Labute approximate surface area is 111 Å². The number of pyridine rings is 1. The highest BCUT2D eigenvalue weighted by Crippen LogP contribution is 2.18. The van der Waals surface area contributed by atoms with Crippen molar-refractivity contribution in [2.45, 2.75) is 12.2 Å². The summed E-state index contributed by atoms with van der Waals surface area (Å²) in [5.74, 6) is -0.894. The van der Waals surface area contributed by atoms with Gasteiger partial charge in [-0.05, 0) is 19.1 Å². The zero-order chi connectivity index (χ0) is 13.8. The lowest BCUT2D eigenvalue weighted by molar-refractivity contribution is -0.115. The van der Waals surface area contributed by atoms with E-state index in [1.54, 1.807) is 12.1 Å². The topological polar surface area (TPSA) is 76.1 Å². The van der Waals surface area contributed by atoms with Crippen LogP contribution in [0.5, 0.6) is 0 Å². The second-order valence-corrected chi connectivity index (χ2v) is 6.32. The van der Waals surface area contributed by atoms with Crippen LogP contribution in [0, 0.1) is 0 Å². The van der Waals surface area contributed by atoms with E-state index in [1.807, 2.05) is 0 Å². The van der Waals surface area contributed by atoms with Gasteiger partial charge in [0.2, 0.25) is 5.91 Å². The van der Waals surface area contributed by atoms with Gasteiger partial charge in [-0.15, -0.1) is 6.58 Å². The van der Waals surface area contributed by atoms with Crippen LogP contribution in [-0.2, 0) is 14.6 Å². The minimum atomic E-state index is -3.54. The Morgan fingerprint density at radius 2 is 2.33 bits per heavy atom. The number of aromatic nitrogens is 1. The van der Waals surface area contributed by atoms with Gasteiger partial charge in [-0.2, -0.15) is 0 Å². The molecule has 5 nitrogen and oxygen atoms in total. The lowest BCUT2D eigenvalue weighted by Crippen LogP contribution is -2.33. The van der Waals surface area contributed by atoms with Crippen LogP contribution in [0.3, 0.4) is 0 Å². The standard InChI is InChI=1S/C11H13ClN2O3S/c1-3-7-18(16,17)8(2)11(15)14-9-5-4-6-13-10(9)12/h3-6,8H,1,7H2,2H3,(H,14,15). The average Bonchev–Trinajstić information content (AvgIpc) is 2.31. The van der Waals surface area contributed by atoms with E-state index in [9.17, 15) is 13.2 Å². The smallest absolute Gasteiger partial charge is 0.242 e. The number of carbonyl (C=O) groups is 1. The third kappa shape index (κ3) is 3.54. The van der Waals surface area contributed by atoms with Crippen molar-refractivity contribution >= 4 is 33.0 Å². The van der Waals surface area contributed by atoms with Crippen LogP contribution in [0.15, 0.2) is 31.0 Å². The summed E-state index contributed by atoms with van der Waals surface area (Å²) >= 11 is 5.76. The molecule has 1 heterocycles. The van der Waals surface area contributed by atoms with E-state index in [2.05, 4.69) is 16.9 Å². The largest absolute Gasteiger partial charge is 0.322 e. The van der Waals surface area contributed by atoms with Crippen LogP contribution < -0.4 is 5.32 Å². The molecule has 7 heteroatoms. The molecule has 1 unspecified atom stereocenters. The van der Waals surface area contributed by atoms with Crippen molar-refractivity contribution in [3.63, 3.8) is 0 Å². The predicted molar refractivity (Wildman–Crippen MR) is 71.3 cm³/mol. The molecule has 18 heavy (non-hydrogen) atoms. The first-order valence-electron chi connectivity index (χ1n) is 5.12. The second kappa shape index (κ2) is 5.97. The van der Waals surface area contributed by atoms with Crippen molar-refractivity contribution < 1.29 is 13.2 Å². The van der Waals surface area contributed by atoms with Crippen molar-refractivity contribution in [3.05, 3.63) is 36.1 Å². The van der Waals surface area contributed by atoms with Gasteiger partial charge < -0.3 is 5.32 Å². The third-order valence-corrected chi connectivity index (χ3v) is 4.57. The molecule has 0 aliphatic carbocycles. The van der Waals surface area contributed by atoms with Gasteiger partial charge in [-0.3, -0.25) is 4.79 Å². The lowest BCUT2D eigenvalue weighted by Gasteiger charge is -2.12. The van der Waals surface area contributed by atoms with Crippen LogP contribution >= 0.6 is 11.6 Å². The normalized spacial score (nSPS) is 12.8. The fraction of sp³-hybridized carbons (Fsp3) is 0.273. The van der Waals surface area contributed by atoms with E-state index < -0.39 is 21.0 Å². The molecule has 1 atom stereocenters. The van der Waals surface area contributed by atoms with E-state index in [1.165, 1.54) is 19.2 Å². The Bertz CT molecular complexity index is 557. The quantitative estimate of drug-likeness (QED) is 0.660. The van der Waals surface area contributed by atoms with E-state index in [4.69, 9.17) is 11.6 Å². The number of hydrogen-bond acceptors (Lipinski definition) is 4. The third-order valence-electron chi connectivity index (χ3n) is 2.28. The molecule has 0 aromatic carbocycles. The molecule has 1 aromatic rings. The Morgan fingerprint density at radius 3 is 2.89 bits per heavy atom. The molecule has 1 rings (SSSR count). The molecular weight excluding hydrogens is 276 g/mol. The summed E-state index contributed by atoms with van der Waals surface area (Å²) in [4.78, 5) is 15.6. The molecule has 0 aliphatic heterocycles. The Balaban J connectivity index is 2.84. The lowest BCUT2D eigenvalue weighted by atomic mass is 10.4. The first-order valence-corrected chi connectivity index (χ1v) is 7.21. The highest BCUT2D eigenvalue weighted by molar-refractivity contribution is 7.92. The molecule has 1 amide bonds. The second-order valence-electron chi connectivity index (χ2n) is 3.59. The van der Waals surface area contributed by atoms with E-state index in [0.29, 0.717) is 0 Å². The number of hydrogen-bond donors (Lipinski definition) is 1. The van der Waals surface area contributed by atoms with Crippen molar-refractivity contribution in [3.8, 4) is 0 Å². The minimum Gasteiger partial charge on any atom is -0.322 e. The fourth-order valence-corrected chi connectivity index (χ4v) is 2.35. The number of rotatable bonds is 5. The zero-order valence-electron chi connectivity index (χ0n) is 9.76. The van der Waals surface area contributed by atoms with Gasteiger partial charge in [-0.1, -0.05) is 17.7 Å². The van der Waals surface area contributed by atoms with Gasteiger partial charge >= 0.3 is 0 Å². The Morgan fingerprint density at radius 1 is 1.67 bits per heavy atom. The van der Waals surface area contributed by atoms with Gasteiger partial charge in [0.25, 0.3) is 0 Å². The summed E-state index contributed by atoms with van der Waals surface area (Å²) in [7, 11) is -3.54. The van der Waals surface area contributed by atoms with Crippen molar-refractivity contribution in [1.29, 1.82) is 0 Å². The molecule has 0 bridgehead atoms. The van der Waals surface area contributed by atoms with Gasteiger partial charge in [0.05, 0.1) is 11.4 Å². The maximum atomic E-state index is 11.8. The minimum absolute atomic E-state index is 0.110. The number of nitrogens with zero attached hydrogens (tertiary/aromatic N) is 1. The van der Waals surface area contributed by atoms with Gasteiger partial charge in [0, 0.05) is 6.20 Å². The summed E-state index contributed by atoms with van der Waals surface area (Å²) in [5.41, 5.74) is 0.282. The molecule has 1 aromatic heterocycles. The monoisotopic (exact) mass is 288 g/mol. The van der Waals surface area contributed by atoms with E-state index >= 15 is 0 Å². The fourth-order valence-electron chi connectivity index (χ4n) is 1.19. The highest BCUT2D eigenvalue weighted by Gasteiger charge is 2.27. The summed E-state index contributed by atoms with van der Waals surface area (Å²) in [6, 6.07) is 3.13. The van der Waals surface area contributed by atoms with Gasteiger partial charge in [-0.25, -0.2) is 13.4 Å². The molecule has 1 N–H and O–H groups in total. The van der Waals surface area contributed by atoms with Crippen LogP contribution in [0.25, 0.3) is 0 Å². The average molecular weight is 289 g/mol. The first kappa shape index (κ1) is 14.7. The van der Waals surface area contributed by atoms with Gasteiger partial charge in [0.1, 0.15) is 5.25 Å². The first-order chi connectivity index (χ1) is 8.38. The predicted octanol–water partition coefficient (Wildman–Crippen LogP) is 1.66. The van der Waals surface area contributed by atoms with Crippen molar-refractivity contribution in [1.82, 2.24) is 4.98 Å². The zero-order valence-corrected chi connectivity index (χ0v) is 11.3. The number of halogens is 1. The van der Waals surface area contributed by atoms with Crippen LogP contribution in [0.4, 0.5) is 5.69 Å². The number of sulfone groups is 1. The number of nitrogens with one attached hydrogen (secondary N) is 1. The summed E-state index contributed by atoms with van der Waals surface area (Å²) in [6.07, 6.45) is 2.71. The molecular formula is C11H13ClN2O3S. The molecule has 0 saturated carbocycles. The van der Waals surface area contributed by atoms with Crippen LogP contribution in [0.1, 0.15) is 6.92 Å². The van der Waals surface area contributed by atoms with Crippen molar-refractivity contribution in [2.75, 3.05) is 11.1 Å². The molecule has 0 aliphatic rings. The SMILES string of the molecule is C=CCS(=O)(=O)C(C)C(=O)Nc1cccnc1Cl. The summed E-state index contributed by atoms with van der Waals surface area (Å²) in [5, 5.41) is 1.36. The summed E-state index contributed by atoms with van der Waals surface area (Å²) in [6.45, 7) is 4.66. The maximum Gasteiger partial charge on any atom is 0.242 e. The highest BCUT2D eigenvalue weighted by atomic mass is 35.5. The molecule has 0 spiro atoms. The Hall–Kier alpha value is -1.40. The molecule has 98 valence electrons. The summed E-state index contributed by atoms with van der Waals surface area (Å²) < 4.78 is 23.3. The maximum absolute atomic E-state index is 11.8. The van der Waals surface area contributed by atoms with E-state index in [0.717, 1.165) is 0 Å². The molecule has 0 radical (unpaired) electrons. The number of carbonyl (C=O) groups excluding carboxylic acids is 1. The van der Waals surface area contributed by atoms with Crippen molar-refractivity contribution in [2.24, 2.45) is 0 Å².